The second kappa shape index (κ2) is 6.01. The van der Waals surface area contributed by atoms with Gasteiger partial charge in [0.15, 0.2) is 0 Å². The van der Waals surface area contributed by atoms with Crippen molar-refractivity contribution in [2.75, 3.05) is 11.9 Å². The second-order valence-electron chi connectivity index (χ2n) is 2.53. The van der Waals surface area contributed by atoms with Gasteiger partial charge in [0.05, 0.1) is 6.54 Å². The summed E-state index contributed by atoms with van der Waals surface area (Å²) in [5, 5.41) is 3.71. The monoisotopic (exact) mass is 357 g/mol. The molecule has 14 heavy (non-hydrogen) atoms. The Morgan fingerprint density at radius 1 is 1.43 bits per heavy atom. The zero-order valence-corrected chi connectivity index (χ0v) is 11.7. The van der Waals surface area contributed by atoms with Crippen molar-refractivity contribution in [3.8, 4) is 0 Å². The summed E-state index contributed by atoms with van der Waals surface area (Å²) < 4.78 is 2.00. The predicted octanol–water partition coefficient (Wildman–Crippen LogP) is 4.94. The largest absolute Gasteiger partial charge is 0.379 e. The highest BCUT2D eigenvalue weighted by molar-refractivity contribution is 9.11. The molecule has 0 saturated carbocycles. The van der Waals surface area contributed by atoms with E-state index in [2.05, 4.69) is 37.2 Å². The van der Waals surface area contributed by atoms with Crippen LogP contribution in [0.5, 0.6) is 0 Å². The first-order valence-electron chi connectivity index (χ1n) is 3.77. The lowest BCUT2D eigenvalue weighted by molar-refractivity contribution is 1.30. The first kappa shape index (κ1) is 12.4. The number of hydrogen-bond acceptors (Lipinski definition) is 1. The molecule has 0 amide bonds. The lowest BCUT2D eigenvalue weighted by atomic mass is 10.3. The zero-order chi connectivity index (χ0) is 10.6. The summed E-state index contributed by atoms with van der Waals surface area (Å²) in [5.74, 6) is 0. The molecule has 0 aliphatic rings. The van der Waals surface area contributed by atoms with E-state index in [0.29, 0.717) is 11.6 Å². The van der Waals surface area contributed by atoms with Crippen LogP contribution in [0.1, 0.15) is 0 Å². The number of rotatable bonds is 3. The van der Waals surface area contributed by atoms with Crippen LogP contribution in [-0.2, 0) is 0 Å². The zero-order valence-electron chi connectivity index (χ0n) is 7.03. The fourth-order valence-corrected chi connectivity index (χ4v) is 2.18. The SMILES string of the molecule is ClC=C(Cl)CNc1ccc(Br)cc1Br. The topological polar surface area (TPSA) is 12.0 Å². The molecule has 0 aliphatic carbocycles. The third-order valence-electron chi connectivity index (χ3n) is 1.50. The van der Waals surface area contributed by atoms with Gasteiger partial charge in [-0.05, 0) is 34.1 Å². The fraction of sp³-hybridized carbons (Fsp3) is 0.111. The van der Waals surface area contributed by atoms with E-state index >= 15 is 0 Å². The quantitative estimate of drug-likeness (QED) is 0.805. The first-order chi connectivity index (χ1) is 6.63. The second-order valence-corrected chi connectivity index (χ2v) is 5.01. The van der Waals surface area contributed by atoms with Crippen LogP contribution < -0.4 is 5.32 Å². The van der Waals surface area contributed by atoms with Crippen LogP contribution in [-0.4, -0.2) is 6.54 Å². The maximum atomic E-state index is 5.74. The minimum absolute atomic E-state index is 0.519. The van der Waals surface area contributed by atoms with Crippen LogP contribution in [0.15, 0.2) is 37.7 Å². The molecule has 0 bridgehead atoms. The molecule has 0 saturated heterocycles. The average Bonchev–Trinajstić information content (AvgIpc) is 2.16. The summed E-state index contributed by atoms with van der Waals surface area (Å²) in [7, 11) is 0. The number of anilines is 1. The van der Waals surface area contributed by atoms with Crippen molar-refractivity contribution in [2.24, 2.45) is 0 Å². The maximum absolute atomic E-state index is 5.74. The van der Waals surface area contributed by atoms with Crippen molar-refractivity contribution >= 4 is 60.7 Å². The van der Waals surface area contributed by atoms with E-state index < -0.39 is 0 Å². The van der Waals surface area contributed by atoms with Crippen molar-refractivity contribution in [2.45, 2.75) is 0 Å². The van der Waals surface area contributed by atoms with Gasteiger partial charge in [-0.3, -0.25) is 0 Å². The van der Waals surface area contributed by atoms with Crippen LogP contribution in [0.25, 0.3) is 0 Å². The van der Waals surface area contributed by atoms with Crippen molar-refractivity contribution in [1.29, 1.82) is 0 Å². The molecule has 0 heterocycles. The summed E-state index contributed by atoms with van der Waals surface area (Å²) in [6, 6.07) is 5.86. The summed E-state index contributed by atoms with van der Waals surface area (Å²) in [5.41, 5.74) is 2.33. The Kier molecular flexibility index (Phi) is 5.31. The Bertz CT molecular complexity index is 353. The van der Waals surface area contributed by atoms with E-state index in [1.165, 1.54) is 5.54 Å². The van der Waals surface area contributed by atoms with Gasteiger partial charge in [0.25, 0.3) is 0 Å². The van der Waals surface area contributed by atoms with Crippen LogP contribution in [0.4, 0.5) is 5.69 Å². The fourth-order valence-electron chi connectivity index (χ4n) is 0.851. The van der Waals surface area contributed by atoms with E-state index in [-0.39, 0.29) is 0 Å². The Labute approximate surface area is 110 Å². The Morgan fingerprint density at radius 2 is 2.14 bits per heavy atom. The molecule has 0 aliphatic heterocycles. The molecule has 1 nitrogen and oxygen atoms in total. The van der Waals surface area contributed by atoms with Gasteiger partial charge in [0.1, 0.15) is 0 Å². The van der Waals surface area contributed by atoms with Gasteiger partial charge < -0.3 is 5.32 Å². The number of benzene rings is 1. The first-order valence-corrected chi connectivity index (χ1v) is 6.17. The highest BCUT2D eigenvalue weighted by Crippen LogP contribution is 2.26. The van der Waals surface area contributed by atoms with Crippen molar-refractivity contribution in [3.63, 3.8) is 0 Å². The molecule has 76 valence electrons. The van der Waals surface area contributed by atoms with E-state index in [0.717, 1.165) is 14.6 Å². The van der Waals surface area contributed by atoms with E-state index in [1.807, 2.05) is 18.2 Å². The van der Waals surface area contributed by atoms with E-state index in [9.17, 15) is 0 Å². The summed E-state index contributed by atoms with van der Waals surface area (Å²) in [4.78, 5) is 0. The Morgan fingerprint density at radius 3 is 2.71 bits per heavy atom. The molecule has 1 aromatic carbocycles. The third-order valence-corrected chi connectivity index (χ3v) is 3.26. The van der Waals surface area contributed by atoms with Crippen LogP contribution in [0.2, 0.25) is 0 Å². The molecule has 1 aromatic rings. The van der Waals surface area contributed by atoms with Gasteiger partial charge in [-0.1, -0.05) is 39.1 Å². The van der Waals surface area contributed by atoms with Gasteiger partial charge in [-0.15, -0.1) is 0 Å². The van der Waals surface area contributed by atoms with Crippen molar-refractivity contribution < 1.29 is 0 Å². The van der Waals surface area contributed by atoms with Crippen LogP contribution in [0, 0.1) is 0 Å². The molecular weight excluding hydrogens is 353 g/mol. The predicted molar refractivity (Wildman–Crippen MR) is 70.1 cm³/mol. The van der Waals surface area contributed by atoms with Gasteiger partial charge in [0, 0.05) is 25.2 Å². The average molecular weight is 360 g/mol. The minimum atomic E-state index is 0.519. The van der Waals surface area contributed by atoms with Gasteiger partial charge in [-0.2, -0.15) is 0 Å². The van der Waals surface area contributed by atoms with Gasteiger partial charge >= 0.3 is 0 Å². The molecule has 1 rings (SSSR count). The summed E-state index contributed by atoms with van der Waals surface area (Å²) in [6.45, 7) is 0.519. The van der Waals surface area contributed by atoms with E-state index in [4.69, 9.17) is 23.2 Å². The van der Waals surface area contributed by atoms with Gasteiger partial charge in [0.2, 0.25) is 0 Å². The van der Waals surface area contributed by atoms with Crippen molar-refractivity contribution in [3.05, 3.63) is 37.7 Å². The lowest BCUT2D eigenvalue weighted by Crippen LogP contribution is -2.01. The molecule has 0 aromatic heterocycles. The molecule has 0 radical (unpaired) electrons. The molecule has 1 N–H and O–H groups in total. The molecule has 0 fully saturated rings. The molecule has 0 unspecified atom stereocenters. The Balaban J connectivity index is 2.68. The summed E-state index contributed by atoms with van der Waals surface area (Å²) in [6.07, 6.45) is 0. The number of nitrogens with one attached hydrogen (secondary N) is 1. The minimum Gasteiger partial charge on any atom is -0.379 e. The lowest BCUT2D eigenvalue weighted by Gasteiger charge is -2.07. The highest BCUT2D eigenvalue weighted by Gasteiger charge is 2.00. The van der Waals surface area contributed by atoms with Crippen LogP contribution in [0.3, 0.4) is 0 Å². The molecule has 5 heteroatoms. The smallest absolute Gasteiger partial charge is 0.0517 e. The van der Waals surface area contributed by atoms with Crippen LogP contribution >= 0.6 is 55.1 Å². The third kappa shape index (κ3) is 3.81. The Hall–Kier alpha value is 0.300. The van der Waals surface area contributed by atoms with E-state index in [1.54, 1.807) is 0 Å². The highest BCUT2D eigenvalue weighted by atomic mass is 79.9. The van der Waals surface area contributed by atoms with Gasteiger partial charge in [-0.25, -0.2) is 0 Å². The molecular formula is C9H7Br2Cl2N. The molecule has 0 atom stereocenters. The van der Waals surface area contributed by atoms with Crippen molar-refractivity contribution in [1.82, 2.24) is 0 Å². The summed E-state index contributed by atoms with van der Waals surface area (Å²) >= 11 is 18.0. The maximum Gasteiger partial charge on any atom is 0.0517 e. The normalized spacial score (nSPS) is 11.6. The molecule has 0 spiro atoms. The number of hydrogen-bond donors (Lipinski definition) is 1. The standard InChI is InChI=1S/C9H7Br2Cl2N/c10-6-1-2-9(8(11)3-6)14-5-7(13)4-12/h1-4,14H,5H2. The number of halogens is 4.